The molecule has 1 heterocycles. The minimum absolute atomic E-state index is 0.253. The van der Waals surface area contributed by atoms with Gasteiger partial charge in [-0.25, -0.2) is 8.42 Å². The zero-order chi connectivity index (χ0) is 14.0. The Hall–Kier alpha value is -1.82. The molecule has 1 aromatic carbocycles. The fourth-order valence-corrected chi connectivity index (χ4v) is 2.44. The number of hydrogen-bond donors (Lipinski definition) is 0. The summed E-state index contributed by atoms with van der Waals surface area (Å²) >= 11 is 0. The summed E-state index contributed by atoms with van der Waals surface area (Å²) in [6.07, 6.45) is 1.04. The van der Waals surface area contributed by atoms with Crippen molar-refractivity contribution in [3.05, 3.63) is 36.1 Å². The molecule has 0 aliphatic rings. The Bertz CT molecular complexity index is 669. The number of furan rings is 1. The first-order valence-corrected chi connectivity index (χ1v) is 7.80. The fraction of sp³-hybridized carbons (Fsp3) is 0.308. The average molecular weight is 281 g/mol. The third-order valence-electron chi connectivity index (χ3n) is 2.68. The van der Waals surface area contributed by atoms with Crippen molar-refractivity contribution in [3.8, 4) is 0 Å². The van der Waals surface area contributed by atoms with Crippen molar-refractivity contribution in [2.24, 2.45) is 0 Å². The maximum Gasteiger partial charge on any atom is 0.237 e. The highest BCUT2D eigenvalue weighted by Crippen LogP contribution is 2.19. The number of nitrogens with zero attached hydrogens (tertiary/aromatic N) is 1. The first-order valence-electron chi connectivity index (χ1n) is 5.74. The van der Waals surface area contributed by atoms with Crippen LogP contribution in [-0.2, 0) is 21.2 Å². The molecule has 0 spiro atoms. The van der Waals surface area contributed by atoms with Gasteiger partial charge in [-0.3, -0.25) is 4.79 Å². The van der Waals surface area contributed by atoms with Crippen LogP contribution in [0, 0.1) is 0 Å². The second kappa shape index (κ2) is 5.05. The molecule has 19 heavy (non-hydrogen) atoms. The first-order chi connectivity index (χ1) is 8.85. The van der Waals surface area contributed by atoms with Gasteiger partial charge in [0.25, 0.3) is 0 Å². The van der Waals surface area contributed by atoms with Gasteiger partial charge in [-0.1, -0.05) is 18.2 Å². The second-order valence-corrected chi connectivity index (χ2v) is 6.71. The van der Waals surface area contributed by atoms with E-state index in [9.17, 15) is 13.2 Å². The van der Waals surface area contributed by atoms with Gasteiger partial charge in [-0.2, -0.15) is 0 Å². The molecule has 6 heteroatoms. The summed E-state index contributed by atoms with van der Waals surface area (Å²) in [5, 5.41) is 0.960. The van der Waals surface area contributed by atoms with E-state index >= 15 is 0 Å². The molecule has 5 nitrogen and oxygen atoms in total. The quantitative estimate of drug-likeness (QED) is 0.850. The Labute approximate surface area is 111 Å². The highest BCUT2D eigenvalue weighted by molar-refractivity contribution is 7.91. The van der Waals surface area contributed by atoms with Crippen molar-refractivity contribution < 1.29 is 17.6 Å². The molecule has 0 saturated carbocycles. The van der Waals surface area contributed by atoms with E-state index < -0.39 is 21.5 Å². The number of hydrogen-bond acceptors (Lipinski definition) is 4. The number of carbonyl (C=O) groups is 1. The van der Waals surface area contributed by atoms with E-state index in [-0.39, 0.29) is 6.54 Å². The molecule has 0 bridgehead atoms. The molecule has 0 saturated heterocycles. The van der Waals surface area contributed by atoms with Gasteiger partial charge in [0.2, 0.25) is 5.91 Å². The van der Waals surface area contributed by atoms with Gasteiger partial charge in [0.15, 0.2) is 9.84 Å². The normalized spacial score (nSPS) is 11.7. The Morgan fingerprint density at radius 3 is 2.63 bits per heavy atom. The van der Waals surface area contributed by atoms with E-state index in [1.807, 2.05) is 30.3 Å². The summed E-state index contributed by atoms with van der Waals surface area (Å²) in [5.74, 6) is -0.294. The zero-order valence-corrected chi connectivity index (χ0v) is 11.6. The molecular formula is C13H15NO4S. The third kappa shape index (κ3) is 3.57. The second-order valence-electron chi connectivity index (χ2n) is 4.57. The van der Waals surface area contributed by atoms with Crippen LogP contribution in [0.3, 0.4) is 0 Å². The maximum atomic E-state index is 11.7. The number of para-hydroxylation sites is 1. The fourth-order valence-electron chi connectivity index (χ4n) is 1.77. The lowest BCUT2D eigenvalue weighted by Gasteiger charge is -2.14. The van der Waals surface area contributed by atoms with E-state index in [1.165, 1.54) is 4.90 Å². The number of carbonyl (C=O) groups excluding carboxylic acids is 1. The van der Waals surface area contributed by atoms with Crippen molar-refractivity contribution >= 4 is 26.7 Å². The number of rotatable bonds is 4. The van der Waals surface area contributed by atoms with Crippen LogP contribution in [0.5, 0.6) is 0 Å². The Kier molecular flexibility index (Phi) is 3.61. The predicted octanol–water partition coefficient (Wildman–Crippen LogP) is 1.44. The Morgan fingerprint density at radius 1 is 1.32 bits per heavy atom. The molecule has 102 valence electrons. The lowest BCUT2D eigenvalue weighted by molar-refractivity contribution is -0.127. The Morgan fingerprint density at radius 2 is 2.00 bits per heavy atom. The SMILES string of the molecule is CN(Cc1cc2ccccc2o1)C(=O)CS(C)(=O)=O. The standard InChI is InChI=1S/C13H15NO4S/c1-14(13(15)9-19(2,16)17)8-11-7-10-5-3-4-6-12(10)18-11/h3-7H,8-9H2,1-2H3. The molecule has 0 fully saturated rings. The summed E-state index contributed by atoms with van der Waals surface area (Å²) < 4.78 is 27.7. The van der Waals surface area contributed by atoms with Crippen LogP contribution >= 0.6 is 0 Å². The van der Waals surface area contributed by atoms with E-state index in [4.69, 9.17) is 4.42 Å². The molecule has 0 radical (unpaired) electrons. The zero-order valence-electron chi connectivity index (χ0n) is 10.8. The summed E-state index contributed by atoms with van der Waals surface area (Å²) in [7, 11) is -1.75. The smallest absolute Gasteiger partial charge is 0.237 e. The maximum absolute atomic E-state index is 11.7. The predicted molar refractivity (Wildman–Crippen MR) is 72.4 cm³/mol. The number of benzene rings is 1. The van der Waals surface area contributed by atoms with Gasteiger partial charge in [0.05, 0.1) is 6.54 Å². The lowest BCUT2D eigenvalue weighted by Crippen LogP contribution is -2.31. The van der Waals surface area contributed by atoms with Crippen LogP contribution < -0.4 is 0 Å². The number of fused-ring (bicyclic) bond motifs is 1. The molecule has 0 N–H and O–H groups in total. The minimum atomic E-state index is -3.31. The third-order valence-corrected chi connectivity index (χ3v) is 3.45. The van der Waals surface area contributed by atoms with E-state index in [2.05, 4.69) is 0 Å². The summed E-state index contributed by atoms with van der Waals surface area (Å²) in [6.45, 7) is 0.253. The largest absolute Gasteiger partial charge is 0.459 e. The molecule has 2 rings (SSSR count). The van der Waals surface area contributed by atoms with Crippen LogP contribution in [0.4, 0.5) is 0 Å². The topological polar surface area (TPSA) is 67.6 Å². The van der Waals surface area contributed by atoms with Gasteiger partial charge in [-0.15, -0.1) is 0 Å². The van der Waals surface area contributed by atoms with Crippen molar-refractivity contribution in [1.29, 1.82) is 0 Å². The van der Waals surface area contributed by atoms with Crippen molar-refractivity contribution in [3.63, 3.8) is 0 Å². The van der Waals surface area contributed by atoms with Crippen LogP contribution in [0.1, 0.15) is 5.76 Å². The van der Waals surface area contributed by atoms with E-state index in [0.29, 0.717) is 5.76 Å². The number of amides is 1. The Balaban J connectivity index is 2.10. The molecule has 0 aliphatic carbocycles. The van der Waals surface area contributed by atoms with Crippen molar-refractivity contribution in [2.45, 2.75) is 6.54 Å². The van der Waals surface area contributed by atoms with Gasteiger partial charge in [-0.05, 0) is 12.1 Å². The molecule has 0 aliphatic heterocycles. The highest BCUT2D eigenvalue weighted by Gasteiger charge is 2.16. The number of sulfone groups is 1. The summed E-state index contributed by atoms with van der Waals surface area (Å²) in [4.78, 5) is 13.0. The van der Waals surface area contributed by atoms with E-state index in [0.717, 1.165) is 17.2 Å². The van der Waals surface area contributed by atoms with Crippen LogP contribution in [0.25, 0.3) is 11.0 Å². The monoisotopic (exact) mass is 281 g/mol. The van der Waals surface area contributed by atoms with Crippen LogP contribution in [0.15, 0.2) is 34.7 Å². The molecule has 1 amide bonds. The molecule has 1 aromatic heterocycles. The van der Waals surface area contributed by atoms with Gasteiger partial charge >= 0.3 is 0 Å². The van der Waals surface area contributed by atoms with Gasteiger partial charge in [0, 0.05) is 18.7 Å². The molecule has 0 atom stereocenters. The minimum Gasteiger partial charge on any atom is -0.459 e. The van der Waals surface area contributed by atoms with Gasteiger partial charge < -0.3 is 9.32 Å². The molecule has 2 aromatic rings. The van der Waals surface area contributed by atoms with Gasteiger partial charge in [0.1, 0.15) is 17.1 Å². The molecule has 0 unspecified atom stereocenters. The van der Waals surface area contributed by atoms with Crippen molar-refractivity contribution in [1.82, 2.24) is 4.90 Å². The van der Waals surface area contributed by atoms with E-state index in [1.54, 1.807) is 7.05 Å². The highest BCUT2D eigenvalue weighted by atomic mass is 32.2. The summed E-state index contributed by atoms with van der Waals surface area (Å²) in [6, 6.07) is 9.38. The summed E-state index contributed by atoms with van der Waals surface area (Å²) in [5.41, 5.74) is 0.751. The van der Waals surface area contributed by atoms with Crippen LogP contribution in [-0.4, -0.2) is 38.3 Å². The molecular weight excluding hydrogens is 266 g/mol. The average Bonchev–Trinajstić information content (AvgIpc) is 2.68. The lowest BCUT2D eigenvalue weighted by atomic mass is 10.2. The first kappa shape index (κ1) is 13.6. The van der Waals surface area contributed by atoms with Crippen molar-refractivity contribution in [2.75, 3.05) is 19.1 Å². The van der Waals surface area contributed by atoms with Crippen LogP contribution in [0.2, 0.25) is 0 Å².